The van der Waals surface area contributed by atoms with Gasteiger partial charge in [-0.25, -0.2) is 17.2 Å². The van der Waals surface area contributed by atoms with Gasteiger partial charge in [0.2, 0.25) is 10.0 Å². The van der Waals surface area contributed by atoms with Gasteiger partial charge in [0.15, 0.2) is 0 Å². The van der Waals surface area contributed by atoms with E-state index in [1.165, 1.54) is 12.1 Å². The Balaban J connectivity index is 2.32. The Morgan fingerprint density at radius 1 is 0.952 bits per heavy atom. The molecule has 0 amide bonds. The molecule has 0 fully saturated rings. The van der Waals surface area contributed by atoms with Gasteiger partial charge < -0.3 is 0 Å². The zero-order chi connectivity index (χ0) is 15.6. The van der Waals surface area contributed by atoms with E-state index >= 15 is 0 Å². The lowest BCUT2D eigenvalue weighted by molar-refractivity contribution is 0.582. The van der Waals surface area contributed by atoms with Crippen LogP contribution in [-0.4, -0.2) is 8.42 Å². The van der Waals surface area contributed by atoms with Crippen LogP contribution in [0.1, 0.15) is 5.56 Å². The van der Waals surface area contributed by atoms with Crippen LogP contribution in [0.25, 0.3) is 0 Å². The van der Waals surface area contributed by atoms with Crippen LogP contribution in [0.4, 0.5) is 14.5 Å². The zero-order valence-electron chi connectivity index (χ0n) is 10.4. The molecule has 112 valence electrons. The summed E-state index contributed by atoms with van der Waals surface area (Å²) in [6.45, 7) is 0. The number of para-hydroxylation sites is 1. The molecule has 0 heterocycles. The van der Waals surface area contributed by atoms with Crippen molar-refractivity contribution in [3.05, 3.63) is 63.6 Å². The van der Waals surface area contributed by atoms with Crippen molar-refractivity contribution in [3.63, 3.8) is 0 Å². The highest BCUT2D eigenvalue weighted by atomic mass is 35.5. The summed E-state index contributed by atoms with van der Waals surface area (Å²) in [7, 11) is -4.08. The maximum Gasteiger partial charge on any atom is 0.237 e. The predicted molar refractivity (Wildman–Crippen MR) is 79.1 cm³/mol. The van der Waals surface area contributed by atoms with Gasteiger partial charge >= 0.3 is 0 Å². The van der Waals surface area contributed by atoms with Crippen LogP contribution in [-0.2, 0) is 15.8 Å². The summed E-state index contributed by atoms with van der Waals surface area (Å²) in [5, 5.41) is 0.309. The van der Waals surface area contributed by atoms with Crippen molar-refractivity contribution in [1.82, 2.24) is 0 Å². The molecule has 0 unspecified atom stereocenters. The van der Waals surface area contributed by atoms with E-state index in [0.29, 0.717) is 0 Å². The van der Waals surface area contributed by atoms with E-state index in [-0.39, 0.29) is 15.6 Å². The first-order valence-electron chi connectivity index (χ1n) is 5.67. The van der Waals surface area contributed by atoms with E-state index < -0.39 is 33.1 Å². The Morgan fingerprint density at radius 2 is 1.43 bits per heavy atom. The van der Waals surface area contributed by atoms with Crippen molar-refractivity contribution >= 4 is 38.9 Å². The first kappa shape index (κ1) is 16.0. The highest BCUT2D eigenvalue weighted by Gasteiger charge is 2.20. The molecule has 8 heteroatoms. The minimum absolute atomic E-state index is 0.155. The average molecular weight is 352 g/mol. The summed E-state index contributed by atoms with van der Waals surface area (Å²) in [6, 6.07) is 7.54. The largest absolute Gasteiger partial charge is 0.278 e. The Morgan fingerprint density at radius 3 is 1.95 bits per heavy atom. The molecule has 1 N–H and O–H groups in total. The molecule has 0 radical (unpaired) electrons. The summed E-state index contributed by atoms with van der Waals surface area (Å²) in [6.07, 6.45) is 0. The third kappa shape index (κ3) is 3.84. The Hall–Kier alpha value is -1.37. The highest BCUT2D eigenvalue weighted by molar-refractivity contribution is 7.91. The van der Waals surface area contributed by atoms with Crippen LogP contribution < -0.4 is 4.72 Å². The van der Waals surface area contributed by atoms with Gasteiger partial charge in [-0.05, 0) is 24.3 Å². The van der Waals surface area contributed by atoms with Crippen molar-refractivity contribution in [3.8, 4) is 0 Å². The van der Waals surface area contributed by atoms with Crippen LogP contribution in [0, 0.1) is 11.6 Å². The first-order chi connectivity index (χ1) is 9.80. The van der Waals surface area contributed by atoms with E-state index in [1.54, 1.807) is 6.07 Å². The standard InChI is InChI=1S/C13H9Cl2F2NO2S/c14-9-3-1-4-10(15)8(9)7-21(19,20)18-13-11(16)5-2-6-12(13)17/h1-6,18H,7H2. The van der Waals surface area contributed by atoms with Gasteiger partial charge in [0, 0.05) is 15.6 Å². The second-order valence-corrected chi connectivity index (χ2v) is 6.69. The van der Waals surface area contributed by atoms with Gasteiger partial charge in [-0.1, -0.05) is 35.3 Å². The molecule has 0 saturated heterocycles. The molecule has 2 aromatic carbocycles. The van der Waals surface area contributed by atoms with E-state index in [4.69, 9.17) is 23.2 Å². The van der Waals surface area contributed by atoms with Crippen LogP contribution in [0.3, 0.4) is 0 Å². The molecule has 0 aliphatic rings. The number of rotatable bonds is 4. The molecule has 0 bridgehead atoms. The van der Waals surface area contributed by atoms with E-state index in [0.717, 1.165) is 18.2 Å². The van der Waals surface area contributed by atoms with Crippen molar-refractivity contribution < 1.29 is 17.2 Å². The lowest BCUT2D eigenvalue weighted by atomic mass is 10.2. The summed E-state index contributed by atoms with van der Waals surface area (Å²) in [5.74, 6) is -2.62. The minimum atomic E-state index is -4.08. The molecule has 0 aliphatic heterocycles. The Bertz CT molecular complexity index is 682. The molecule has 0 aromatic heterocycles. The number of hydrogen-bond acceptors (Lipinski definition) is 2. The molecule has 2 rings (SSSR count). The SMILES string of the molecule is O=S(=O)(Cc1c(Cl)cccc1Cl)Nc1c(F)cccc1F. The Labute approximate surface area is 130 Å². The summed E-state index contributed by atoms with van der Waals surface area (Å²) in [4.78, 5) is 0. The zero-order valence-corrected chi connectivity index (χ0v) is 12.7. The molecule has 0 atom stereocenters. The second kappa shape index (κ2) is 6.17. The van der Waals surface area contributed by atoms with Gasteiger partial charge in [-0.15, -0.1) is 0 Å². The monoisotopic (exact) mass is 351 g/mol. The number of hydrogen-bond donors (Lipinski definition) is 1. The number of anilines is 1. The fourth-order valence-corrected chi connectivity index (χ4v) is 3.61. The van der Waals surface area contributed by atoms with Crippen LogP contribution in [0.5, 0.6) is 0 Å². The van der Waals surface area contributed by atoms with E-state index in [1.807, 2.05) is 4.72 Å². The molecule has 3 nitrogen and oxygen atoms in total. The lowest BCUT2D eigenvalue weighted by Crippen LogP contribution is -2.17. The number of nitrogens with one attached hydrogen (secondary N) is 1. The Kier molecular flexibility index (Phi) is 4.70. The third-order valence-electron chi connectivity index (χ3n) is 2.62. The van der Waals surface area contributed by atoms with Crippen LogP contribution in [0.2, 0.25) is 10.0 Å². The number of benzene rings is 2. The van der Waals surface area contributed by atoms with Crippen molar-refractivity contribution in [1.29, 1.82) is 0 Å². The van der Waals surface area contributed by atoms with Gasteiger partial charge in [0.05, 0.1) is 5.75 Å². The molecule has 21 heavy (non-hydrogen) atoms. The van der Waals surface area contributed by atoms with Crippen LogP contribution in [0.15, 0.2) is 36.4 Å². The fraction of sp³-hybridized carbons (Fsp3) is 0.0769. The molecular weight excluding hydrogens is 343 g/mol. The molecule has 0 saturated carbocycles. The first-order valence-corrected chi connectivity index (χ1v) is 8.08. The normalized spacial score (nSPS) is 11.4. The average Bonchev–Trinajstić information content (AvgIpc) is 2.39. The maximum atomic E-state index is 13.5. The topological polar surface area (TPSA) is 46.2 Å². The predicted octanol–water partition coefficient (Wildman–Crippen LogP) is 4.21. The minimum Gasteiger partial charge on any atom is -0.278 e. The quantitative estimate of drug-likeness (QED) is 0.896. The smallest absolute Gasteiger partial charge is 0.237 e. The second-order valence-electron chi connectivity index (χ2n) is 4.16. The van der Waals surface area contributed by atoms with Crippen molar-refractivity contribution in [2.75, 3.05) is 4.72 Å². The van der Waals surface area contributed by atoms with Crippen molar-refractivity contribution in [2.45, 2.75) is 5.75 Å². The summed E-state index contributed by atoms with van der Waals surface area (Å²) >= 11 is 11.8. The third-order valence-corrected chi connectivity index (χ3v) is 4.51. The van der Waals surface area contributed by atoms with Gasteiger partial charge in [-0.2, -0.15) is 0 Å². The summed E-state index contributed by atoms with van der Waals surface area (Å²) < 4.78 is 52.8. The number of halogens is 4. The molecule has 0 spiro atoms. The van der Waals surface area contributed by atoms with E-state index in [2.05, 4.69) is 0 Å². The number of sulfonamides is 1. The maximum absolute atomic E-state index is 13.5. The highest BCUT2D eigenvalue weighted by Crippen LogP contribution is 2.27. The van der Waals surface area contributed by atoms with Gasteiger partial charge in [0.1, 0.15) is 17.3 Å². The molecular formula is C13H9Cl2F2NO2S. The van der Waals surface area contributed by atoms with Crippen LogP contribution >= 0.6 is 23.2 Å². The fourth-order valence-electron chi connectivity index (χ4n) is 1.65. The van der Waals surface area contributed by atoms with E-state index in [9.17, 15) is 17.2 Å². The van der Waals surface area contributed by atoms with Gasteiger partial charge in [-0.3, -0.25) is 4.72 Å². The van der Waals surface area contributed by atoms with Gasteiger partial charge in [0.25, 0.3) is 0 Å². The molecule has 2 aromatic rings. The van der Waals surface area contributed by atoms with Crippen molar-refractivity contribution in [2.24, 2.45) is 0 Å². The molecule has 0 aliphatic carbocycles. The lowest BCUT2D eigenvalue weighted by Gasteiger charge is -2.11. The summed E-state index contributed by atoms with van der Waals surface area (Å²) in [5.41, 5.74) is -0.578.